The smallest absolute Gasteiger partial charge is 0.387 e. The van der Waals surface area contributed by atoms with Crippen molar-refractivity contribution < 1.29 is 27.8 Å². The van der Waals surface area contributed by atoms with Crippen LogP contribution >= 0.6 is 0 Å². The van der Waals surface area contributed by atoms with Crippen LogP contribution in [-0.2, 0) is 16.0 Å². The highest BCUT2D eigenvalue weighted by Crippen LogP contribution is 2.15. The lowest BCUT2D eigenvalue weighted by Crippen LogP contribution is -2.20. The van der Waals surface area contributed by atoms with Crippen molar-refractivity contribution in [3.63, 3.8) is 0 Å². The maximum atomic E-state index is 12.1. The molecule has 2 rings (SSSR count). The van der Waals surface area contributed by atoms with Gasteiger partial charge in [0.25, 0.3) is 5.91 Å². The van der Waals surface area contributed by atoms with Gasteiger partial charge >= 0.3 is 12.6 Å². The van der Waals surface area contributed by atoms with Crippen molar-refractivity contribution in [2.24, 2.45) is 0 Å². The van der Waals surface area contributed by atoms with Crippen molar-refractivity contribution in [3.8, 4) is 5.75 Å². The first-order valence-corrected chi connectivity index (χ1v) is 7.58. The van der Waals surface area contributed by atoms with Crippen LogP contribution in [0.3, 0.4) is 0 Å². The topological polar surface area (TPSA) is 64.6 Å². The number of ether oxygens (including phenoxy) is 2. The molecule has 2 aromatic carbocycles. The molecule has 0 saturated heterocycles. The molecule has 0 aliphatic carbocycles. The minimum atomic E-state index is -2.94. The van der Waals surface area contributed by atoms with E-state index in [4.69, 9.17) is 4.74 Å². The molecular weight excluding hydrogens is 332 g/mol. The van der Waals surface area contributed by atoms with Crippen LogP contribution in [0.1, 0.15) is 22.8 Å². The molecule has 5 nitrogen and oxygen atoms in total. The van der Waals surface area contributed by atoms with E-state index in [2.05, 4.69) is 10.1 Å². The van der Waals surface area contributed by atoms with Crippen LogP contribution in [-0.4, -0.2) is 25.1 Å². The number of anilines is 1. The first-order chi connectivity index (χ1) is 12.0. The lowest BCUT2D eigenvalue weighted by molar-refractivity contribution is -0.119. The summed E-state index contributed by atoms with van der Waals surface area (Å²) in [5, 5.41) is 2.61. The SMILES string of the molecule is CCc1ccc(NC(=O)COC(=O)c2ccc(OC(F)F)cc2)cc1. The number of carbonyl (C=O) groups is 2. The van der Waals surface area contributed by atoms with E-state index in [1.165, 1.54) is 24.3 Å². The van der Waals surface area contributed by atoms with E-state index in [9.17, 15) is 18.4 Å². The van der Waals surface area contributed by atoms with E-state index < -0.39 is 25.1 Å². The van der Waals surface area contributed by atoms with Crippen molar-refractivity contribution in [1.29, 1.82) is 0 Å². The first kappa shape index (κ1) is 18.4. The van der Waals surface area contributed by atoms with Crippen LogP contribution in [0.5, 0.6) is 5.75 Å². The number of hydrogen-bond donors (Lipinski definition) is 1. The minimum absolute atomic E-state index is 0.0696. The van der Waals surface area contributed by atoms with Gasteiger partial charge in [0.15, 0.2) is 6.61 Å². The van der Waals surface area contributed by atoms with Gasteiger partial charge in [-0.3, -0.25) is 4.79 Å². The number of hydrogen-bond acceptors (Lipinski definition) is 4. The fourth-order valence-corrected chi connectivity index (χ4v) is 2.01. The number of carbonyl (C=O) groups excluding carboxylic acids is 2. The summed E-state index contributed by atoms with van der Waals surface area (Å²) in [6.45, 7) is -1.36. The summed E-state index contributed by atoms with van der Waals surface area (Å²) in [5.41, 5.74) is 1.87. The number of nitrogens with one attached hydrogen (secondary N) is 1. The fourth-order valence-electron chi connectivity index (χ4n) is 2.01. The second kappa shape index (κ2) is 8.77. The molecule has 132 valence electrons. The second-order valence-corrected chi connectivity index (χ2v) is 5.08. The maximum Gasteiger partial charge on any atom is 0.387 e. The Hall–Kier alpha value is -2.96. The third-order valence-electron chi connectivity index (χ3n) is 3.30. The number of aryl methyl sites for hydroxylation is 1. The average molecular weight is 349 g/mol. The van der Waals surface area contributed by atoms with Gasteiger partial charge in [0.2, 0.25) is 0 Å². The molecular formula is C18H17F2NO4. The van der Waals surface area contributed by atoms with Gasteiger partial charge in [0.1, 0.15) is 5.75 Å². The van der Waals surface area contributed by atoms with Crippen LogP contribution in [0.4, 0.5) is 14.5 Å². The van der Waals surface area contributed by atoms with Gasteiger partial charge in [0, 0.05) is 5.69 Å². The second-order valence-electron chi connectivity index (χ2n) is 5.08. The number of alkyl halides is 2. The van der Waals surface area contributed by atoms with Crippen LogP contribution in [0, 0.1) is 0 Å². The summed E-state index contributed by atoms with van der Waals surface area (Å²) in [7, 11) is 0. The van der Waals surface area contributed by atoms with Crippen LogP contribution in [0.25, 0.3) is 0 Å². The van der Waals surface area contributed by atoms with Crippen molar-refractivity contribution in [2.75, 3.05) is 11.9 Å². The number of esters is 1. The van der Waals surface area contributed by atoms with E-state index in [1.807, 2.05) is 19.1 Å². The number of benzene rings is 2. The molecule has 0 aliphatic heterocycles. The summed E-state index contributed by atoms with van der Waals surface area (Å²) < 4.78 is 33.2. The third-order valence-corrected chi connectivity index (χ3v) is 3.30. The summed E-state index contributed by atoms with van der Waals surface area (Å²) in [6, 6.07) is 12.3. The molecule has 2 aromatic rings. The third kappa shape index (κ3) is 5.87. The Kier molecular flexibility index (Phi) is 6.45. The van der Waals surface area contributed by atoms with Gasteiger partial charge in [-0.05, 0) is 48.4 Å². The van der Waals surface area contributed by atoms with Crippen LogP contribution in [0.15, 0.2) is 48.5 Å². The van der Waals surface area contributed by atoms with Gasteiger partial charge in [-0.1, -0.05) is 19.1 Å². The van der Waals surface area contributed by atoms with Crippen molar-refractivity contribution in [1.82, 2.24) is 0 Å². The molecule has 0 radical (unpaired) electrons. The molecule has 25 heavy (non-hydrogen) atoms. The lowest BCUT2D eigenvalue weighted by atomic mass is 10.1. The molecule has 0 fully saturated rings. The monoisotopic (exact) mass is 349 g/mol. The van der Waals surface area contributed by atoms with Gasteiger partial charge in [-0.2, -0.15) is 8.78 Å². The van der Waals surface area contributed by atoms with E-state index in [-0.39, 0.29) is 11.3 Å². The fraction of sp³-hybridized carbons (Fsp3) is 0.222. The largest absolute Gasteiger partial charge is 0.452 e. The zero-order valence-electron chi connectivity index (χ0n) is 13.5. The summed E-state index contributed by atoms with van der Waals surface area (Å²) >= 11 is 0. The molecule has 1 N–H and O–H groups in total. The van der Waals surface area contributed by atoms with E-state index in [0.29, 0.717) is 5.69 Å². The molecule has 1 amide bonds. The molecule has 0 atom stereocenters. The lowest BCUT2D eigenvalue weighted by Gasteiger charge is -2.08. The zero-order chi connectivity index (χ0) is 18.2. The van der Waals surface area contributed by atoms with Gasteiger partial charge < -0.3 is 14.8 Å². The number of amides is 1. The minimum Gasteiger partial charge on any atom is -0.452 e. The molecule has 0 bridgehead atoms. The predicted molar refractivity (Wildman–Crippen MR) is 87.8 cm³/mol. The van der Waals surface area contributed by atoms with Crippen molar-refractivity contribution in [3.05, 3.63) is 59.7 Å². The Morgan fingerprint density at radius 1 is 1.04 bits per heavy atom. The maximum absolute atomic E-state index is 12.1. The highest BCUT2D eigenvalue weighted by atomic mass is 19.3. The molecule has 0 saturated carbocycles. The summed E-state index contributed by atoms with van der Waals surface area (Å²) in [5.74, 6) is -1.28. The predicted octanol–water partition coefficient (Wildman–Crippen LogP) is 3.65. The Morgan fingerprint density at radius 2 is 1.68 bits per heavy atom. The number of rotatable bonds is 7. The normalized spacial score (nSPS) is 10.4. The van der Waals surface area contributed by atoms with Crippen molar-refractivity contribution >= 4 is 17.6 Å². The standard InChI is InChI=1S/C18H17F2NO4/c1-2-12-3-7-14(8-4-12)21-16(22)11-24-17(23)13-5-9-15(10-6-13)25-18(19)20/h3-10,18H,2,11H2,1H3,(H,21,22). The van der Waals surface area contributed by atoms with Crippen LogP contribution < -0.4 is 10.1 Å². The summed E-state index contributed by atoms with van der Waals surface area (Å²) in [6.07, 6.45) is 0.896. The van der Waals surface area contributed by atoms with Crippen molar-refractivity contribution in [2.45, 2.75) is 20.0 Å². The summed E-state index contributed by atoms with van der Waals surface area (Å²) in [4.78, 5) is 23.6. The molecule has 0 heterocycles. The number of halogens is 2. The van der Waals surface area contributed by atoms with Gasteiger partial charge in [0.05, 0.1) is 5.56 Å². The highest BCUT2D eigenvalue weighted by Gasteiger charge is 2.11. The molecule has 7 heteroatoms. The van der Waals surface area contributed by atoms with Gasteiger partial charge in [-0.15, -0.1) is 0 Å². The molecule has 0 aliphatic rings. The zero-order valence-corrected chi connectivity index (χ0v) is 13.5. The molecule has 0 spiro atoms. The first-order valence-electron chi connectivity index (χ1n) is 7.58. The average Bonchev–Trinajstić information content (AvgIpc) is 2.60. The van der Waals surface area contributed by atoms with E-state index in [1.54, 1.807) is 12.1 Å². The van der Waals surface area contributed by atoms with Crippen LogP contribution in [0.2, 0.25) is 0 Å². The quantitative estimate of drug-likeness (QED) is 0.775. The Morgan fingerprint density at radius 3 is 2.24 bits per heavy atom. The highest BCUT2D eigenvalue weighted by molar-refractivity contribution is 5.95. The Balaban J connectivity index is 1.83. The van der Waals surface area contributed by atoms with E-state index in [0.717, 1.165) is 12.0 Å². The Labute approximate surface area is 143 Å². The Bertz CT molecular complexity index is 715. The van der Waals surface area contributed by atoms with Gasteiger partial charge in [-0.25, -0.2) is 4.79 Å². The molecule has 0 aromatic heterocycles. The molecule has 0 unspecified atom stereocenters. The van der Waals surface area contributed by atoms with E-state index >= 15 is 0 Å².